The molecule has 0 spiro atoms. The van der Waals surface area contributed by atoms with E-state index in [2.05, 4.69) is 98.0 Å². The van der Waals surface area contributed by atoms with Gasteiger partial charge in [-0.3, -0.25) is 0 Å². The van der Waals surface area contributed by atoms with Crippen molar-refractivity contribution in [2.45, 2.75) is 45.3 Å². The SMILES string of the molecule is Cc1cc(CC(C)NCCC(c2ccccc2)c2ccccc2)ccc1OCc1ccc(Cl)cc1. The monoisotopic (exact) mass is 483 g/mol. The van der Waals surface area contributed by atoms with Gasteiger partial charge in [-0.15, -0.1) is 0 Å². The zero-order valence-electron chi connectivity index (χ0n) is 20.6. The molecular formula is C32H34ClNO. The van der Waals surface area contributed by atoms with Crippen molar-refractivity contribution in [3.8, 4) is 5.75 Å². The molecule has 1 atom stereocenters. The summed E-state index contributed by atoms with van der Waals surface area (Å²) in [5, 5.41) is 4.49. The second-order valence-electron chi connectivity index (χ2n) is 9.24. The van der Waals surface area contributed by atoms with E-state index in [0.717, 1.165) is 41.3 Å². The molecule has 35 heavy (non-hydrogen) atoms. The first-order chi connectivity index (χ1) is 17.1. The highest BCUT2D eigenvalue weighted by molar-refractivity contribution is 6.30. The number of aryl methyl sites for hydroxylation is 1. The van der Waals surface area contributed by atoms with Gasteiger partial charge in [0.25, 0.3) is 0 Å². The number of hydrogen-bond acceptors (Lipinski definition) is 2. The van der Waals surface area contributed by atoms with E-state index in [0.29, 0.717) is 18.6 Å². The van der Waals surface area contributed by atoms with E-state index < -0.39 is 0 Å². The Morgan fingerprint density at radius 3 is 1.97 bits per heavy atom. The van der Waals surface area contributed by atoms with Gasteiger partial charge in [0.05, 0.1) is 0 Å². The Bertz CT molecular complexity index is 1140. The summed E-state index contributed by atoms with van der Waals surface area (Å²) in [6.07, 6.45) is 2.05. The van der Waals surface area contributed by atoms with E-state index in [1.165, 1.54) is 16.7 Å². The van der Waals surface area contributed by atoms with Crippen LogP contribution in [-0.4, -0.2) is 12.6 Å². The summed E-state index contributed by atoms with van der Waals surface area (Å²) >= 11 is 5.97. The van der Waals surface area contributed by atoms with Crippen LogP contribution >= 0.6 is 11.6 Å². The van der Waals surface area contributed by atoms with Crippen LogP contribution in [0.15, 0.2) is 103 Å². The molecule has 0 saturated carbocycles. The van der Waals surface area contributed by atoms with Crippen molar-refractivity contribution >= 4 is 11.6 Å². The van der Waals surface area contributed by atoms with Crippen LogP contribution in [0.2, 0.25) is 5.02 Å². The third-order valence-corrected chi connectivity index (χ3v) is 6.67. The smallest absolute Gasteiger partial charge is 0.122 e. The van der Waals surface area contributed by atoms with E-state index in [-0.39, 0.29) is 0 Å². The fourth-order valence-corrected chi connectivity index (χ4v) is 4.66. The van der Waals surface area contributed by atoms with Crippen LogP contribution < -0.4 is 10.1 Å². The molecule has 0 aliphatic heterocycles. The first kappa shape index (κ1) is 25.0. The van der Waals surface area contributed by atoms with E-state index in [1.54, 1.807) is 0 Å². The lowest BCUT2D eigenvalue weighted by Crippen LogP contribution is -2.30. The third-order valence-electron chi connectivity index (χ3n) is 6.42. The topological polar surface area (TPSA) is 21.3 Å². The molecule has 3 heteroatoms. The van der Waals surface area contributed by atoms with E-state index in [4.69, 9.17) is 16.3 Å². The van der Waals surface area contributed by atoms with Gasteiger partial charge < -0.3 is 10.1 Å². The third kappa shape index (κ3) is 7.45. The van der Waals surface area contributed by atoms with Gasteiger partial charge in [0, 0.05) is 17.0 Å². The van der Waals surface area contributed by atoms with Crippen LogP contribution in [0, 0.1) is 6.92 Å². The van der Waals surface area contributed by atoms with Crippen LogP contribution in [0.3, 0.4) is 0 Å². The van der Waals surface area contributed by atoms with Crippen LogP contribution in [0.4, 0.5) is 0 Å². The maximum atomic E-state index is 6.04. The maximum Gasteiger partial charge on any atom is 0.122 e. The normalized spacial score (nSPS) is 12.0. The molecule has 4 aromatic carbocycles. The van der Waals surface area contributed by atoms with Crippen LogP contribution in [0.1, 0.15) is 47.1 Å². The fourth-order valence-electron chi connectivity index (χ4n) is 4.54. The summed E-state index contributed by atoms with van der Waals surface area (Å²) in [6.45, 7) is 5.89. The molecular weight excluding hydrogens is 450 g/mol. The summed E-state index contributed by atoms with van der Waals surface area (Å²) in [4.78, 5) is 0. The Balaban J connectivity index is 1.29. The summed E-state index contributed by atoms with van der Waals surface area (Å²) < 4.78 is 6.04. The molecule has 4 aromatic rings. The van der Waals surface area contributed by atoms with Crippen molar-refractivity contribution in [3.63, 3.8) is 0 Å². The highest BCUT2D eigenvalue weighted by Gasteiger charge is 2.14. The van der Waals surface area contributed by atoms with Crippen LogP contribution in [-0.2, 0) is 13.0 Å². The van der Waals surface area contributed by atoms with E-state index >= 15 is 0 Å². The molecule has 0 aliphatic carbocycles. The average molecular weight is 484 g/mol. The molecule has 0 aromatic heterocycles. The molecule has 1 N–H and O–H groups in total. The molecule has 0 heterocycles. The predicted molar refractivity (Wildman–Crippen MR) is 147 cm³/mol. The molecule has 1 unspecified atom stereocenters. The maximum absolute atomic E-state index is 6.04. The molecule has 0 radical (unpaired) electrons. The van der Waals surface area contributed by atoms with Gasteiger partial charge in [0.1, 0.15) is 12.4 Å². The van der Waals surface area contributed by atoms with Crippen LogP contribution in [0.5, 0.6) is 5.75 Å². The van der Waals surface area contributed by atoms with E-state index in [9.17, 15) is 0 Å². The zero-order chi connectivity index (χ0) is 24.5. The Morgan fingerprint density at radius 1 is 0.771 bits per heavy atom. The zero-order valence-corrected chi connectivity index (χ0v) is 21.3. The highest BCUT2D eigenvalue weighted by atomic mass is 35.5. The molecule has 0 amide bonds. The molecule has 180 valence electrons. The second-order valence-corrected chi connectivity index (χ2v) is 9.67. The van der Waals surface area contributed by atoms with Crippen molar-refractivity contribution < 1.29 is 4.74 Å². The van der Waals surface area contributed by atoms with Crippen LogP contribution in [0.25, 0.3) is 0 Å². The first-order valence-corrected chi connectivity index (χ1v) is 12.8. The summed E-state index contributed by atoms with van der Waals surface area (Å²) in [7, 11) is 0. The second kappa shape index (κ2) is 12.6. The highest BCUT2D eigenvalue weighted by Crippen LogP contribution is 2.27. The van der Waals surface area contributed by atoms with Crippen molar-refractivity contribution in [2.24, 2.45) is 0 Å². The minimum Gasteiger partial charge on any atom is -0.489 e. The van der Waals surface area contributed by atoms with Crippen molar-refractivity contribution in [1.29, 1.82) is 0 Å². The van der Waals surface area contributed by atoms with Gasteiger partial charge in [-0.2, -0.15) is 0 Å². The Kier molecular flexibility index (Phi) is 9.00. The largest absolute Gasteiger partial charge is 0.489 e. The average Bonchev–Trinajstić information content (AvgIpc) is 2.88. The van der Waals surface area contributed by atoms with Gasteiger partial charge in [-0.1, -0.05) is 96.5 Å². The van der Waals surface area contributed by atoms with Crippen molar-refractivity contribution in [2.75, 3.05) is 6.54 Å². The minimum absolute atomic E-state index is 0.391. The van der Waals surface area contributed by atoms with Gasteiger partial charge in [-0.05, 0) is 79.3 Å². The summed E-state index contributed by atoms with van der Waals surface area (Å²) in [5.41, 5.74) is 6.34. The van der Waals surface area contributed by atoms with Crippen molar-refractivity contribution in [1.82, 2.24) is 5.32 Å². The molecule has 0 saturated heterocycles. The lowest BCUT2D eigenvalue weighted by molar-refractivity contribution is 0.304. The molecule has 0 bridgehead atoms. The lowest BCUT2D eigenvalue weighted by Gasteiger charge is -2.21. The van der Waals surface area contributed by atoms with Gasteiger partial charge >= 0.3 is 0 Å². The number of nitrogens with one attached hydrogen (secondary N) is 1. The Morgan fingerprint density at radius 2 is 1.37 bits per heavy atom. The Labute approximate surface area is 214 Å². The molecule has 2 nitrogen and oxygen atoms in total. The standard InChI is InChI=1S/C32H34ClNO/c1-24-21-27(15-18-32(24)35-23-26-13-16-30(33)17-14-26)22-25(2)34-20-19-31(28-9-5-3-6-10-28)29-11-7-4-8-12-29/h3-18,21,25,31,34H,19-20,22-23H2,1-2H3. The quantitative estimate of drug-likeness (QED) is 0.233. The molecule has 0 aliphatic rings. The van der Waals surface area contributed by atoms with E-state index in [1.807, 2.05) is 24.3 Å². The summed E-state index contributed by atoms with van der Waals surface area (Å²) in [6, 6.07) is 36.3. The van der Waals surface area contributed by atoms with Gasteiger partial charge in [0.15, 0.2) is 0 Å². The predicted octanol–water partition coefficient (Wildman–Crippen LogP) is 7.97. The first-order valence-electron chi connectivity index (χ1n) is 12.4. The number of ether oxygens (including phenoxy) is 1. The Hall–Kier alpha value is -3.07. The number of hydrogen-bond donors (Lipinski definition) is 1. The lowest BCUT2D eigenvalue weighted by atomic mass is 9.88. The number of benzene rings is 4. The number of halogens is 1. The van der Waals surface area contributed by atoms with Gasteiger partial charge in [0.2, 0.25) is 0 Å². The summed E-state index contributed by atoms with van der Waals surface area (Å²) in [5.74, 6) is 1.33. The number of rotatable bonds is 11. The fraction of sp³-hybridized carbons (Fsp3) is 0.250. The molecule has 4 rings (SSSR count). The van der Waals surface area contributed by atoms with Crippen molar-refractivity contribution in [3.05, 3.63) is 136 Å². The van der Waals surface area contributed by atoms with Gasteiger partial charge in [-0.25, -0.2) is 0 Å². The molecule has 0 fully saturated rings. The minimum atomic E-state index is 0.391.